The van der Waals surface area contributed by atoms with Gasteiger partial charge in [0.15, 0.2) is 5.82 Å². The van der Waals surface area contributed by atoms with Gasteiger partial charge in [-0.25, -0.2) is 4.98 Å². The van der Waals surface area contributed by atoms with Crippen molar-refractivity contribution in [1.29, 1.82) is 5.26 Å². The number of pyridine rings is 1. The van der Waals surface area contributed by atoms with Crippen LogP contribution in [0.5, 0.6) is 0 Å². The van der Waals surface area contributed by atoms with Crippen LogP contribution in [0.2, 0.25) is 5.02 Å². The summed E-state index contributed by atoms with van der Waals surface area (Å²) >= 11 is 6.44. The van der Waals surface area contributed by atoms with Gasteiger partial charge in [-0.05, 0) is 61.6 Å². The molecule has 2 fully saturated rings. The highest BCUT2D eigenvalue weighted by Crippen LogP contribution is 2.46. The monoisotopic (exact) mass is 516 g/mol. The molecule has 190 valence electrons. The first kappa shape index (κ1) is 23.9. The number of amides is 1. The number of rotatable bonds is 4. The van der Waals surface area contributed by atoms with E-state index < -0.39 is 5.54 Å². The second-order valence-electron chi connectivity index (χ2n) is 10.4. The van der Waals surface area contributed by atoms with Crippen LogP contribution >= 0.6 is 11.6 Å². The molecule has 3 aromatic rings. The lowest BCUT2D eigenvalue weighted by molar-refractivity contribution is -0.136. The zero-order valence-corrected chi connectivity index (χ0v) is 21.8. The summed E-state index contributed by atoms with van der Waals surface area (Å²) in [6.45, 7) is 2.85. The van der Waals surface area contributed by atoms with E-state index in [1.54, 1.807) is 11.0 Å². The Morgan fingerprint density at radius 2 is 1.92 bits per heavy atom. The van der Waals surface area contributed by atoms with Crippen LogP contribution in [0.1, 0.15) is 54.5 Å². The van der Waals surface area contributed by atoms with Gasteiger partial charge in [0, 0.05) is 44.7 Å². The molecule has 0 spiro atoms. The lowest BCUT2D eigenvalue weighted by Crippen LogP contribution is -2.48. The lowest BCUT2D eigenvalue weighted by Gasteiger charge is -2.32. The van der Waals surface area contributed by atoms with Crippen LogP contribution in [-0.2, 0) is 17.9 Å². The van der Waals surface area contributed by atoms with E-state index in [0.717, 1.165) is 67.5 Å². The molecule has 37 heavy (non-hydrogen) atoms. The van der Waals surface area contributed by atoms with Gasteiger partial charge in [-0.3, -0.25) is 14.3 Å². The van der Waals surface area contributed by atoms with Crippen LogP contribution in [0.15, 0.2) is 36.4 Å². The Labute approximate surface area is 221 Å². The van der Waals surface area contributed by atoms with E-state index in [0.29, 0.717) is 23.8 Å². The Morgan fingerprint density at radius 3 is 2.62 bits per heavy atom. The third kappa shape index (κ3) is 4.14. The maximum absolute atomic E-state index is 13.2. The van der Waals surface area contributed by atoms with E-state index in [-0.39, 0.29) is 11.8 Å². The molecular formula is C27H29ClN8O. The Bertz CT molecular complexity index is 1400. The average molecular weight is 517 g/mol. The molecule has 0 unspecified atom stereocenters. The van der Waals surface area contributed by atoms with Gasteiger partial charge < -0.3 is 9.80 Å². The van der Waals surface area contributed by atoms with Crippen molar-refractivity contribution in [3.05, 3.63) is 64.3 Å². The molecule has 1 aromatic carbocycles. The Kier molecular flexibility index (Phi) is 5.89. The van der Waals surface area contributed by atoms with Crippen LogP contribution in [0.4, 0.5) is 5.82 Å². The predicted octanol–water partition coefficient (Wildman–Crippen LogP) is 3.51. The van der Waals surface area contributed by atoms with Crippen LogP contribution in [-0.4, -0.2) is 68.2 Å². The highest BCUT2D eigenvalue weighted by Gasteiger charge is 2.56. The first-order valence-electron chi connectivity index (χ1n) is 12.7. The molecule has 2 aromatic heterocycles. The molecule has 6 rings (SSSR count). The predicted molar refractivity (Wildman–Crippen MR) is 139 cm³/mol. The number of nitriles is 1. The molecule has 1 saturated heterocycles. The maximum Gasteiger partial charge on any atom is 0.242 e. The number of fused-ring (bicyclic) bond motifs is 3. The van der Waals surface area contributed by atoms with Gasteiger partial charge in [-0.1, -0.05) is 17.7 Å². The molecule has 4 heterocycles. The number of piperidine rings is 1. The summed E-state index contributed by atoms with van der Waals surface area (Å²) in [5.41, 5.74) is 2.07. The number of likely N-dealkylation sites (N-methyl/N-ethyl adjacent to an activating group) is 1. The Balaban J connectivity index is 1.31. The number of halogens is 1. The van der Waals surface area contributed by atoms with E-state index in [2.05, 4.69) is 36.6 Å². The summed E-state index contributed by atoms with van der Waals surface area (Å²) in [6.07, 6.45) is 3.51. The fourth-order valence-electron chi connectivity index (χ4n) is 5.82. The first-order chi connectivity index (χ1) is 17.9. The number of anilines is 1. The molecule has 10 heteroatoms. The van der Waals surface area contributed by atoms with Gasteiger partial charge >= 0.3 is 0 Å². The zero-order chi connectivity index (χ0) is 25.7. The molecule has 2 aliphatic heterocycles. The van der Waals surface area contributed by atoms with Gasteiger partial charge in [0.25, 0.3) is 0 Å². The smallest absolute Gasteiger partial charge is 0.242 e. The lowest BCUT2D eigenvalue weighted by atomic mass is 9.95. The largest absolute Gasteiger partial charge is 0.357 e. The number of benzene rings is 1. The number of hydrogen-bond acceptors (Lipinski definition) is 7. The summed E-state index contributed by atoms with van der Waals surface area (Å²) in [5.74, 6) is 3.05. The third-order valence-corrected chi connectivity index (χ3v) is 8.13. The number of carbonyl (C=O) groups is 1. The van der Waals surface area contributed by atoms with Crippen molar-refractivity contribution in [3.63, 3.8) is 0 Å². The average Bonchev–Trinajstić information content (AvgIpc) is 3.65. The summed E-state index contributed by atoms with van der Waals surface area (Å²) in [6, 6.07) is 13.7. The van der Waals surface area contributed by atoms with Crippen molar-refractivity contribution < 1.29 is 4.79 Å². The standard InChI is InChI=1S/C27H29ClN8O/c1-33(2)26(37)27(10-11-27)35-16-19-14-20(28)6-7-22(19)36-24(17-35)31-32-25(36)18-8-12-34(13-9-18)23-5-3-4-21(15-29)30-23/h3-7,14,18H,8-13,16-17H2,1-2H3. The number of hydrogen-bond donors (Lipinski definition) is 0. The number of carbonyl (C=O) groups excluding carboxylic acids is 1. The summed E-state index contributed by atoms with van der Waals surface area (Å²) in [7, 11) is 3.65. The quantitative estimate of drug-likeness (QED) is 0.523. The summed E-state index contributed by atoms with van der Waals surface area (Å²) in [5, 5.41) is 19.3. The SMILES string of the molecule is CN(C)C(=O)C1(N2Cc3cc(Cl)ccc3-n3c(nnc3C3CCN(c4cccc(C#N)n4)CC3)C2)CC1. The summed E-state index contributed by atoms with van der Waals surface area (Å²) < 4.78 is 2.21. The van der Waals surface area contributed by atoms with Crippen molar-refractivity contribution in [2.24, 2.45) is 0 Å². The van der Waals surface area contributed by atoms with Gasteiger partial charge in [0.2, 0.25) is 5.91 Å². The maximum atomic E-state index is 13.2. The third-order valence-electron chi connectivity index (χ3n) is 7.90. The molecule has 9 nitrogen and oxygen atoms in total. The topological polar surface area (TPSA) is 94.2 Å². The first-order valence-corrected chi connectivity index (χ1v) is 13.1. The molecule has 0 radical (unpaired) electrons. The highest BCUT2D eigenvalue weighted by molar-refractivity contribution is 6.30. The molecule has 1 aliphatic carbocycles. The van der Waals surface area contributed by atoms with Crippen molar-refractivity contribution in [3.8, 4) is 11.8 Å². The van der Waals surface area contributed by atoms with E-state index in [1.165, 1.54) is 0 Å². The minimum absolute atomic E-state index is 0.144. The van der Waals surface area contributed by atoms with E-state index in [1.807, 2.05) is 38.4 Å². The van der Waals surface area contributed by atoms with Gasteiger partial charge in [-0.2, -0.15) is 5.26 Å². The molecule has 1 saturated carbocycles. The second kappa shape index (κ2) is 9.12. The molecule has 1 amide bonds. The van der Waals surface area contributed by atoms with E-state index in [9.17, 15) is 10.1 Å². The van der Waals surface area contributed by atoms with E-state index in [4.69, 9.17) is 16.7 Å². The minimum Gasteiger partial charge on any atom is -0.357 e. The zero-order valence-electron chi connectivity index (χ0n) is 21.1. The second-order valence-corrected chi connectivity index (χ2v) is 10.9. The minimum atomic E-state index is -0.485. The highest BCUT2D eigenvalue weighted by atomic mass is 35.5. The van der Waals surface area contributed by atoms with E-state index >= 15 is 0 Å². The van der Waals surface area contributed by atoms with Crippen molar-refractivity contribution in [1.82, 2.24) is 29.5 Å². The molecular weight excluding hydrogens is 488 g/mol. The number of aromatic nitrogens is 4. The van der Waals surface area contributed by atoms with Gasteiger partial charge in [0.1, 0.15) is 28.9 Å². The molecule has 0 bridgehead atoms. The van der Waals surface area contributed by atoms with Crippen molar-refractivity contribution in [2.45, 2.75) is 50.2 Å². The molecule has 0 N–H and O–H groups in total. The van der Waals surface area contributed by atoms with Crippen LogP contribution in [0, 0.1) is 11.3 Å². The van der Waals surface area contributed by atoms with Crippen LogP contribution < -0.4 is 4.90 Å². The Hall–Kier alpha value is -3.48. The number of nitrogens with zero attached hydrogens (tertiary/aromatic N) is 8. The van der Waals surface area contributed by atoms with Crippen molar-refractivity contribution >= 4 is 23.3 Å². The van der Waals surface area contributed by atoms with Crippen LogP contribution in [0.3, 0.4) is 0 Å². The fraction of sp³-hybridized carbons (Fsp3) is 0.444. The van der Waals surface area contributed by atoms with Crippen molar-refractivity contribution in [2.75, 3.05) is 32.1 Å². The Morgan fingerprint density at radius 1 is 1.14 bits per heavy atom. The fourth-order valence-corrected chi connectivity index (χ4v) is 6.02. The molecule has 0 atom stereocenters. The summed E-state index contributed by atoms with van der Waals surface area (Å²) in [4.78, 5) is 23.8. The normalized spacial score (nSPS) is 18.9. The molecule has 3 aliphatic rings. The van der Waals surface area contributed by atoms with Gasteiger partial charge in [-0.15, -0.1) is 10.2 Å². The van der Waals surface area contributed by atoms with Crippen LogP contribution in [0.25, 0.3) is 5.69 Å². The van der Waals surface area contributed by atoms with Gasteiger partial charge in [0.05, 0.1) is 12.2 Å².